The fourth-order valence-electron chi connectivity index (χ4n) is 5.16. The van der Waals surface area contributed by atoms with Gasteiger partial charge in [-0.25, -0.2) is 23.1 Å². The Morgan fingerprint density at radius 1 is 0.976 bits per heavy atom. The number of ether oxygens (including phenoxy) is 1. The number of methoxy groups -OCH3 is 1. The molecule has 212 valence electrons. The van der Waals surface area contributed by atoms with Crippen molar-refractivity contribution >= 4 is 43.3 Å². The molecule has 6 rings (SSSR count). The summed E-state index contributed by atoms with van der Waals surface area (Å²) in [6.07, 6.45) is 2.42. The summed E-state index contributed by atoms with van der Waals surface area (Å²) >= 11 is 0. The average molecular weight is 582 g/mol. The van der Waals surface area contributed by atoms with Crippen molar-refractivity contribution in [2.24, 2.45) is 0 Å². The van der Waals surface area contributed by atoms with Crippen molar-refractivity contribution in [1.82, 2.24) is 24.3 Å². The summed E-state index contributed by atoms with van der Waals surface area (Å²) in [5.41, 5.74) is 9.33. The fourth-order valence-corrected chi connectivity index (χ4v) is 5.72. The second-order valence-electron chi connectivity index (χ2n) is 9.85. The zero-order valence-electron chi connectivity index (χ0n) is 23.0. The van der Waals surface area contributed by atoms with Crippen molar-refractivity contribution in [2.75, 3.05) is 23.8 Å². The molecule has 0 unspecified atom stereocenters. The van der Waals surface area contributed by atoms with Gasteiger partial charge >= 0.3 is 0 Å². The van der Waals surface area contributed by atoms with Crippen LogP contribution in [-0.2, 0) is 10.0 Å². The van der Waals surface area contributed by atoms with E-state index >= 15 is 0 Å². The first-order valence-electron chi connectivity index (χ1n) is 13.0. The van der Waals surface area contributed by atoms with Gasteiger partial charge in [0.1, 0.15) is 23.6 Å². The van der Waals surface area contributed by atoms with Gasteiger partial charge < -0.3 is 10.5 Å². The third-order valence-corrected chi connectivity index (χ3v) is 7.64. The molecule has 0 saturated heterocycles. The number of rotatable bonds is 7. The lowest BCUT2D eigenvalue weighted by atomic mass is 10.1. The molecule has 3 N–H and O–H groups in total. The van der Waals surface area contributed by atoms with Crippen LogP contribution in [-0.4, -0.2) is 46.1 Å². The van der Waals surface area contributed by atoms with Crippen LogP contribution in [0.1, 0.15) is 18.7 Å². The van der Waals surface area contributed by atoms with E-state index in [2.05, 4.69) is 14.7 Å². The van der Waals surface area contributed by atoms with Crippen molar-refractivity contribution in [2.45, 2.75) is 13.0 Å². The molecule has 3 heterocycles. The number of fused-ring (bicyclic) bond motifs is 2. The highest BCUT2D eigenvalue weighted by molar-refractivity contribution is 7.92. The highest BCUT2D eigenvalue weighted by atomic mass is 32.2. The zero-order chi connectivity index (χ0) is 29.6. The summed E-state index contributed by atoms with van der Waals surface area (Å²) in [5, 5.41) is 6.83. The predicted molar refractivity (Wildman–Crippen MR) is 164 cm³/mol. The van der Waals surface area contributed by atoms with Gasteiger partial charge in [-0.1, -0.05) is 36.4 Å². The molecule has 12 heteroatoms. The number of hydrogen-bond donors (Lipinski definition) is 2. The van der Waals surface area contributed by atoms with Crippen molar-refractivity contribution in [3.05, 3.63) is 101 Å². The van der Waals surface area contributed by atoms with E-state index in [9.17, 15) is 13.2 Å². The van der Waals surface area contributed by atoms with E-state index in [0.29, 0.717) is 44.8 Å². The topological polar surface area (TPSA) is 147 Å². The maximum Gasteiger partial charge on any atom is 0.263 e. The molecule has 0 spiro atoms. The Morgan fingerprint density at radius 3 is 2.45 bits per heavy atom. The molecule has 0 aliphatic carbocycles. The predicted octanol–water partition coefficient (Wildman–Crippen LogP) is 4.37. The number of hydrogen-bond acceptors (Lipinski definition) is 8. The normalized spacial score (nSPS) is 12.5. The maximum atomic E-state index is 13.9. The van der Waals surface area contributed by atoms with Crippen LogP contribution >= 0.6 is 0 Å². The van der Waals surface area contributed by atoms with E-state index in [4.69, 9.17) is 15.6 Å². The molecule has 3 aromatic heterocycles. The van der Waals surface area contributed by atoms with E-state index in [1.54, 1.807) is 27.4 Å². The molecule has 6 aromatic rings. The maximum absolute atomic E-state index is 13.9. The van der Waals surface area contributed by atoms with E-state index in [-0.39, 0.29) is 17.1 Å². The Morgan fingerprint density at radius 2 is 1.71 bits per heavy atom. The summed E-state index contributed by atoms with van der Waals surface area (Å²) in [6, 6.07) is 23.4. The Balaban J connectivity index is 1.60. The average Bonchev–Trinajstić information content (AvgIpc) is 3.37. The molecular weight excluding hydrogens is 554 g/mol. The number of pyridine rings is 1. The second-order valence-corrected chi connectivity index (χ2v) is 11.6. The Hall–Kier alpha value is -5.23. The van der Waals surface area contributed by atoms with Crippen LogP contribution in [0, 0.1) is 0 Å². The third kappa shape index (κ3) is 4.71. The quantitative estimate of drug-likeness (QED) is 0.283. The Labute approximate surface area is 241 Å². The van der Waals surface area contributed by atoms with Crippen LogP contribution in [0.5, 0.6) is 5.75 Å². The lowest BCUT2D eigenvalue weighted by molar-refractivity contribution is 0.417. The smallest absolute Gasteiger partial charge is 0.263 e. The molecule has 11 nitrogen and oxygen atoms in total. The van der Waals surface area contributed by atoms with Gasteiger partial charge in [-0.05, 0) is 54.8 Å². The van der Waals surface area contributed by atoms with E-state index in [1.807, 2.05) is 67.6 Å². The minimum atomic E-state index is -3.59. The molecule has 0 radical (unpaired) electrons. The van der Waals surface area contributed by atoms with Gasteiger partial charge in [0.25, 0.3) is 5.56 Å². The number of nitrogens with one attached hydrogen (secondary N) is 1. The summed E-state index contributed by atoms with van der Waals surface area (Å²) in [7, 11) is -2.14. The molecule has 3 aromatic carbocycles. The van der Waals surface area contributed by atoms with Gasteiger partial charge in [0.05, 0.1) is 36.2 Å². The zero-order valence-corrected chi connectivity index (χ0v) is 23.8. The molecule has 0 aliphatic heterocycles. The van der Waals surface area contributed by atoms with Crippen LogP contribution in [0.2, 0.25) is 0 Å². The SMILES string of the molecule is COc1ccc(-c2nn([C@H](C)c3cc4ccccc4c(=O)n3-c3ccccc3)c3ncnc(N)c23)cc1NS(C)(=O)=O. The van der Waals surface area contributed by atoms with Crippen LogP contribution < -0.4 is 20.8 Å². The van der Waals surface area contributed by atoms with Gasteiger partial charge in [0.15, 0.2) is 5.65 Å². The van der Waals surface area contributed by atoms with Gasteiger partial charge in [-0.3, -0.25) is 14.1 Å². The number of aromatic nitrogens is 5. The first-order valence-corrected chi connectivity index (χ1v) is 14.9. The number of anilines is 2. The minimum absolute atomic E-state index is 0.154. The summed E-state index contributed by atoms with van der Waals surface area (Å²) in [4.78, 5) is 22.6. The lowest BCUT2D eigenvalue weighted by Gasteiger charge is -2.20. The lowest BCUT2D eigenvalue weighted by Crippen LogP contribution is -2.25. The Bertz CT molecular complexity index is 2140. The number of sulfonamides is 1. The standard InChI is InChI=1S/C30H27N7O4S/c1-18(24-16-19-9-7-8-12-22(19)30(38)36(24)21-10-5-4-6-11-21)37-29-26(28(31)32-17-33-29)27(34-37)20-13-14-25(41-2)23(15-20)35-42(3,39)40/h4-18,35H,1-3H3,(H2,31,32,33)/t18-/m1/s1. The van der Waals surface area contributed by atoms with E-state index in [0.717, 1.165) is 11.6 Å². The van der Waals surface area contributed by atoms with Gasteiger partial charge in [-0.15, -0.1) is 0 Å². The highest BCUT2D eigenvalue weighted by Crippen LogP contribution is 2.37. The van der Waals surface area contributed by atoms with Crippen LogP contribution in [0.4, 0.5) is 11.5 Å². The monoisotopic (exact) mass is 581 g/mol. The van der Waals surface area contributed by atoms with Gasteiger partial charge in [0, 0.05) is 16.6 Å². The van der Waals surface area contributed by atoms with E-state index in [1.165, 1.54) is 13.4 Å². The van der Waals surface area contributed by atoms with E-state index < -0.39 is 16.1 Å². The first-order chi connectivity index (χ1) is 20.2. The molecule has 42 heavy (non-hydrogen) atoms. The number of nitrogen functional groups attached to an aromatic ring is 1. The minimum Gasteiger partial charge on any atom is -0.495 e. The summed E-state index contributed by atoms with van der Waals surface area (Å²) < 4.78 is 35.3. The number of benzene rings is 3. The van der Waals surface area contributed by atoms with Crippen molar-refractivity contribution in [1.29, 1.82) is 0 Å². The molecule has 0 fully saturated rings. The molecule has 0 amide bonds. The van der Waals surface area contributed by atoms with Gasteiger partial charge in [-0.2, -0.15) is 5.10 Å². The summed E-state index contributed by atoms with van der Waals surface area (Å²) in [6.45, 7) is 1.93. The van der Waals surface area contributed by atoms with Crippen LogP contribution in [0.25, 0.3) is 38.8 Å². The first kappa shape index (κ1) is 27.0. The Kier molecular flexibility index (Phi) is 6.62. The molecular formula is C30H27N7O4S. The summed E-state index contributed by atoms with van der Waals surface area (Å²) in [5.74, 6) is 0.550. The molecule has 0 bridgehead atoms. The van der Waals surface area contributed by atoms with Crippen molar-refractivity contribution < 1.29 is 13.2 Å². The molecule has 0 saturated carbocycles. The van der Waals surface area contributed by atoms with Crippen LogP contribution in [0.3, 0.4) is 0 Å². The van der Waals surface area contributed by atoms with Gasteiger partial charge in [0.2, 0.25) is 10.0 Å². The fraction of sp³-hybridized carbons (Fsp3) is 0.133. The molecule has 0 aliphatic rings. The highest BCUT2D eigenvalue weighted by Gasteiger charge is 2.25. The second kappa shape index (κ2) is 10.3. The number of para-hydroxylation sites is 1. The largest absolute Gasteiger partial charge is 0.495 e. The van der Waals surface area contributed by atoms with Crippen molar-refractivity contribution in [3.63, 3.8) is 0 Å². The third-order valence-electron chi connectivity index (χ3n) is 7.05. The molecule has 1 atom stereocenters. The number of nitrogens with zero attached hydrogens (tertiary/aromatic N) is 5. The van der Waals surface area contributed by atoms with Crippen molar-refractivity contribution in [3.8, 4) is 22.7 Å². The van der Waals surface area contributed by atoms with Crippen LogP contribution in [0.15, 0.2) is 90.0 Å². The number of nitrogens with two attached hydrogens (primary N) is 1.